The van der Waals surface area contributed by atoms with E-state index in [0.29, 0.717) is 38.6 Å². The molecule has 6 atom stereocenters. The number of amides is 1. The van der Waals surface area contributed by atoms with Crippen molar-refractivity contribution in [3.63, 3.8) is 0 Å². The first kappa shape index (κ1) is 51.4. The summed E-state index contributed by atoms with van der Waals surface area (Å²) in [7, 11) is -2.00. The Morgan fingerprint density at radius 3 is 2.11 bits per heavy atom. The number of β-lactam (4-membered cyclic amide) rings is 1. The molecule has 18 heteroatoms. The van der Waals surface area contributed by atoms with Gasteiger partial charge in [-0.25, -0.2) is 22.3 Å². The lowest BCUT2D eigenvalue weighted by atomic mass is 9.90. The Hall–Kier alpha value is -5.27. The van der Waals surface area contributed by atoms with E-state index in [0.717, 1.165) is 34.2 Å². The number of methoxy groups -OCH3 is 1. The Morgan fingerprint density at radius 1 is 0.922 bits per heavy atom. The molecule has 0 aromatic heterocycles. The minimum Gasteiger partial charge on any atom is -0.467 e. The molecule has 350 valence electrons. The van der Waals surface area contributed by atoms with Crippen LogP contribution in [0, 0.1) is 5.82 Å². The Morgan fingerprint density at radius 2 is 1.56 bits per heavy atom. The van der Waals surface area contributed by atoms with Gasteiger partial charge in [-0.1, -0.05) is 55.5 Å². The van der Waals surface area contributed by atoms with Crippen molar-refractivity contribution < 1.29 is 70.3 Å². The standard InChI is InChI=1S/C35H46N2O12S.C11H13FO2/c1-23(39)47-29-18-31(34(42)45-3)48-33(19-29)46-22-35(21-38,49-24(2)40)16-15-26-7-11-27(12-8-26)30-20-32(41)37(30)28-13-9-25(10-14-28)6-5-17-36-50(4,43)44;1-3-11(14-8(2)13)9-4-6-10(12)7-5-9/h7-14,29-31,33,36,38H,5-6,15-22H2,1-4H3;4-7,11H,3H2,1-2H3/t29?,30?,31-,33?,35?;/m0./s1. The predicted octanol–water partition coefficient (Wildman–Crippen LogP) is 5.34. The lowest BCUT2D eigenvalue weighted by Crippen LogP contribution is -2.48. The molecule has 0 aliphatic carbocycles. The second-order valence-electron chi connectivity index (χ2n) is 15.7. The largest absolute Gasteiger partial charge is 0.467 e. The van der Waals surface area contributed by atoms with E-state index in [1.54, 1.807) is 17.0 Å². The highest BCUT2D eigenvalue weighted by molar-refractivity contribution is 7.88. The molecule has 0 spiro atoms. The van der Waals surface area contributed by atoms with Crippen molar-refractivity contribution in [1.82, 2.24) is 4.72 Å². The van der Waals surface area contributed by atoms with E-state index in [4.69, 9.17) is 28.4 Å². The first-order valence-corrected chi connectivity index (χ1v) is 22.9. The molecule has 3 aromatic carbocycles. The second-order valence-corrected chi connectivity index (χ2v) is 17.6. The van der Waals surface area contributed by atoms with Gasteiger partial charge in [0.1, 0.15) is 18.0 Å². The van der Waals surface area contributed by atoms with Crippen LogP contribution >= 0.6 is 0 Å². The zero-order chi connectivity index (χ0) is 47.0. The molecule has 2 saturated heterocycles. The summed E-state index contributed by atoms with van der Waals surface area (Å²) in [6.45, 7) is 5.35. The van der Waals surface area contributed by atoms with E-state index in [-0.39, 0.29) is 55.7 Å². The maximum absolute atomic E-state index is 12.6. The number of rotatable bonds is 20. The number of carbonyl (C=O) groups excluding carboxylic acids is 5. The summed E-state index contributed by atoms with van der Waals surface area (Å²) in [5.41, 5.74) is 3.08. The number of esters is 4. The Balaban J connectivity index is 0.000000545. The second kappa shape index (κ2) is 24.1. The molecular weight excluding hydrogens is 856 g/mol. The van der Waals surface area contributed by atoms with Gasteiger partial charge in [-0.05, 0) is 78.6 Å². The molecule has 5 unspecified atom stereocenters. The molecule has 0 saturated carbocycles. The highest BCUT2D eigenvalue weighted by atomic mass is 32.2. The van der Waals surface area contributed by atoms with Gasteiger partial charge in [-0.3, -0.25) is 19.2 Å². The van der Waals surface area contributed by atoms with Crippen LogP contribution < -0.4 is 9.62 Å². The SMILES string of the molecule is CCC(OC(C)=O)c1ccc(F)cc1.COC(=O)[C@@H]1CC(OC(C)=O)CC(OCC(CO)(CCc2ccc(C3CC(=O)N3c3ccc(CCCNS(C)(=O)=O)cc3)cc2)OC(C)=O)O1. The molecule has 3 aromatic rings. The highest BCUT2D eigenvalue weighted by Crippen LogP contribution is 2.39. The maximum atomic E-state index is 12.6. The summed E-state index contributed by atoms with van der Waals surface area (Å²) >= 11 is 0. The average Bonchev–Trinajstić information content (AvgIpc) is 3.24. The molecule has 64 heavy (non-hydrogen) atoms. The fourth-order valence-electron chi connectivity index (χ4n) is 7.35. The van der Waals surface area contributed by atoms with E-state index >= 15 is 0 Å². The van der Waals surface area contributed by atoms with E-state index < -0.39 is 58.6 Å². The predicted molar refractivity (Wildman–Crippen MR) is 231 cm³/mol. The summed E-state index contributed by atoms with van der Waals surface area (Å²) in [5.74, 6) is -2.37. The summed E-state index contributed by atoms with van der Waals surface area (Å²) < 4.78 is 70.0. The minimum atomic E-state index is -3.22. The number of aliphatic hydroxyl groups is 1. The van der Waals surface area contributed by atoms with Crippen LogP contribution in [-0.4, -0.2) is 101 Å². The molecule has 2 fully saturated rings. The van der Waals surface area contributed by atoms with Crippen molar-refractivity contribution in [3.05, 3.63) is 101 Å². The molecule has 2 aliphatic heterocycles. The molecule has 2 aliphatic rings. The first-order chi connectivity index (χ1) is 30.3. The number of anilines is 1. The zero-order valence-corrected chi connectivity index (χ0v) is 37.9. The van der Waals surface area contributed by atoms with Gasteiger partial charge in [0.05, 0.1) is 39.0 Å². The molecule has 1 amide bonds. The van der Waals surface area contributed by atoms with Crippen LogP contribution in [0.25, 0.3) is 0 Å². The van der Waals surface area contributed by atoms with Gasteiger partial charge in [-0.2, -0.15) is 0 Å². The normalized spacial score (nSPS) is 19.8. The van der Waals surface area contributed by atoms with Crippen LogP contribution in [0.5, 0.6) is 0 Å². The topological polar surface area (TPSA) is 210 Å². The smallest absolute Gasteiger partial charge is 0.335 e. The number of ether oxygens (including phenoxy) is 6. The Labute approximate surface area is 373 Å². The number of hydrogen-bond donors (Lipinski definition) is 2. The van der Waals surface area contributed by atoms with E-state index in [1.165, 1.54) is 40.0 Å². The van der Waals surface area contributed by atoms with Crippen molar-refractivity contribution in [1.29, 1.82) is 0 Å². The molecule has 2 heterocycles. The van der Waals surface area contributed by atoms with Crippen LogP contribution in [0.3, 0.4) is 0 Å². The van der Waals surface area contributed by atoms with Crippen LogP contribution in [0.15, 0.2) is 72.8 Å². The lowest BCUT2D eigenvalue weighted by Gasteiger charge is -2.41. The van der Waals surface area contributed by atoms with Gasteiger partial charge >= 0.3 is 23.9 Å². The highest BCUT2D eigenvalue weighted by Gasteiger charge is 2.41. The van der Waals surface area contributed by atoms with E-state index in [9.17, 15) is 41.9 Å². The number of nitrogens with one attached hydrogen (secondary N) is 1. The van der Waals surface area contributed by atoms with Gasteiger partial charge in [0, 0.05) is 45.8 Å². The van der Waals surface area contributed by atoms with Crippen LogP contribution in [0.4, 0.5) is 10.1 Å². The molecule has 0 radical (unpaired) electrons. The van der Waals surface area contributed by atoms with Gasteiger partial charge in [0.15, 0.2) is 18.0 Å². The minimum absolute atomic E-state index is 0.0114. The zero-order valence-electron chi connectivity index (χ0n) is 37.1. The van der Waals surface area contributed by atoms with Crippen molar-refractivity contribution in [2.24, 2.45) is 0 Å². The number of aryl methyl sites for hydroxylation is 2. The first-order valence-electron chi connectivity index (χ1n) is 21.0. The van der Waals surface area contributed by atoms with Gasteiger partial charge < -0.3 is 38.4 Å². The molecule has 2 N–H and O–H groups in total. The number of hydrogen-bond acceptors (Lipinski definition) is 14. The fraction of sp³-hybridized carbons (Fsp3) is 0.500. The third-order valence-electron chi connectivity index (χ3n) is 10.5. The van der Waals surface area contributed by atoms with Crippen LogP contribution in [-0.2, 0) is 75.3 Å². The van der Waals surface area contributed by atoms with Crippen molar-refractivity contribution in [3.8, 4) is 0 Å². The number of nitrogens with zero attached hydrogens (tertiary/aromatic N) is 1. The number of halogens is 1. The van der Waals surface area contributed by atoms with E-state index in [2.05, 4.69) is 4.72 Å². The summed E-state index contributed by atoms with van der Waals surface area (Å²) in [6, 6.07) is 21.3. The number of carbonyl (C=O) groups is 5. The van der Waals surface area contributed by atoms with Gasteiger partial charge in [0.2, 0.25) is 15.9 Å². The average molecular weight is 915 g/mol. The Kier molecular flexibility index (Phi) is 19.4. The number of aliphatic hydroxyl groups excluding tert-OH is 1. The molecule has 16 nitrogen and oxygen atoms in total. The van der Waals surface area contributed by atoms with Crippen molar-refractivity contribution in [2.75, 3.05) is 38.0 Å². The van der Waals surface area contributed by atoms with Gasteiger partial charge in [-0.15, -0.1) is 0 Å². The summed E-state index contributed by atoms with van der Waals surface area (Å²) in [6.07, 6.45) is 1.44. The van der Waals surface area contributed by atoms with Crippen molar-refractivity contribution in [2.45, 2.75) is 115 Å². The third-order valence-corrected chi connectivity index (χ3v) is 11.3. The van der Waals surface area contributed by atoms with Crippen LogP contribution in [0.1, 0.15) is 101 Å². The quantitative estimate of drug-likeness (QED) is 0.0635. The monoisotopic (exact) mass is 914 g/mol. The molecular formula is C46H59FN2O14S. The summed E-state index contributed by atoms with van der Waals surface area (Å²) in [4.78, 5) is 61.0. The molecule has 5 rings (SSSR count). The number of sulfonamides is 1. The van der Waals surface area contributed by atoms with Gasteiger partial charge in [0.25, 0.3) is 0 Å². The summed E-state index contributed by atoms with van der Waals surface area (Å²) in [5, 5.41) is 10.4. The Bertz CT molecular complexity index is 2140. The third kappa shape index (κ3) is 16.1. The van der Waals surface area contributed by atoms with Crippen molar-refractivity contribution >= 4 is 45.5 Å². The lowest BCUT2D eigenvalue weighted by molar-refractivity contribution is -0.245. The van der Waals surface area contributed by atoms with Crippen LogP contribution in [0.2, 0.25) is 0 Å². The van der Waals surface area contributed by atoms with E-state index in [1.807, 2.05) is 55.5 Å². The maximum Gasteiger partial charge on any atom is 0.335 e. The fourth-order valence-corrected chi connectivity index (χ4v) is 7.86. The molecule has 0 bridgehead atoms. The number of benzene rings is 3.